The zero-order chi connectivity index (χ0) is 21.8. The van der Waals surface area contributed by atoms with Gasteiger partial charge < -0.3 is 19.7 Å². The lowest BCUT2D eigenvalue weighted by atomic mass is 9.92. The zero-order valence-corrected chi connectivity index (χ0v) is 19.1. The number of ketones is 1. The molecule has 0 fully saturated rings. The van der Waals surface area contributed by atoms with Crippen LogP contribution in [0.3, 0.4) is 0 Å². The summed E-state index contributed by atoms with van der Waals surface area (Å²) in [6.07, 6.45) is 0. The number of hydrogen-bond acceptors (Lipinski definition) is 4. The van der Waals surface area contributed by atoms with E-state index in [0.29, 0.717) is 40.4 Å². The van der Waals surface area contributed by atoms with E-state index in [0.717, 1.165) is 16.8 Å². The predicted molar refractivity (Wildman–Crippen MR) is 123 cm³/mol. The van der Waals surface area contributed by atoms with Gasteiger partial charge in [0.2, 0.25) is 0 Å². The van der Waals surface area contributed by atoms with Crippen molar-refractivity contribution in [2.24, 2.45) is 0 Å². The molecule has 30 heavy (non-hydrogen) atoms. The number of allylic oxidation sites excluding steroid dienone is 1. The van der Waals surface area contributed by atoms with Crippen molar-refractivity contribution in [2.45, 2.75) is 33.4 Å². The summed E-state index contributed by atoms with van der Waals surface area (Å²) in [6.45, 7) is 6.58. The molecule has 1 N–H and O–H groups in total. The number of benzene rings is 2. The number of methoxy groups -OCH3 is 1. The number of hydrogen-bond donors (Lipinski definition) is 1. The summed E-state index contributed by atoms with van der Waals surface area (Å²) in [5.41, 5.74) is 3.41. The molecule has 0 aromatic heterocycles. The molecule has 1 unspecified atom stereocenters. The number of nitrogens with zero attached hydrogens (tertiary/aromatic N) is 1. The monoisotopic (exact) mass is 444 g/mol. The van der Waals surface area contributed by atoms with Crippen molar-refractivity contribution in [2.75, 3.05) is 13.7 Å². The minimum atomic E-state index is -0.339. The van der Waals surface area contributed by atoms with Gasteiger partial charge in [-0.2, -0.15) is 0 Å². The topological polar surface area (TPSA) is 50.8 Å². The van der Waals surface area contributed by atoms with Crippen LogP contribution in [0, 0.1) is 0 Å². The molecule has 1 aliphatic rings. The van der Waals surface area contributed by atoms with Gasteiger partial charge in [0.25, 0.3) is 0 Å². The molecule has 2 aromatic rings. The molecule has 5 nitrogen and oxygen atoms in total. The van der Waals surface area contributed by atoms with Crippen molar-refractivity contribution < 1.29 is 14.3 Å². The standard InChI is InChI=1S/C23H25ClN2O3S/c1-5-26-14(2)21(15(3)27)22(25-23(26)30)17-9-10-19(20(12-17)28-4)29-13-16-7-6-8-18(24)11-16/h6-12,22H,5,13H2,1-4H3,(H,25,30). The smallest absolute Gasteiger partial charge is 0.173 e. The van der Waals surface area contributed by atoms with Crippen molar-refractivity contribution in [3.63, 3.8) is 0 Å². The third-order valence-electron chi connectivity index (χ3n) is 5.10. The summed E-state index contributed by atoms with van der Waals surface area (Å²) in [5.74, 6) is 1.20. The first-order valence-electron chi connectivity index (χ1n) is 9.70. The Hall–Kier alpha value is -2.57. The molecule has 0 saturated carbocycles. The van der Waals surface area contributed by atoms with Crippen LogP contribution in [-0.4, -0.2) is 29.5 Å². The van der Waals surface area contributed by atoms with Gasteiger partial charge in [-0.3, -0.25) is 4.79 Å². The van der Waals surface area contributed by atoms with Crippen LogP contribution in [0.15, 0.2) is 53.7 Å². The van der Waals surface area contributed by atoms with Crippen molar-refractivity contribution in [1.82, 2.24) is 10.2 Å². The number of carbonyl (C=O) groups excluding carboxylic acids is 1. The van der Waals surface area contributed by atoms with E-state index in [1.807, 2.05) is 61.2 Å². The van der Waals surface area contributed by atoms with Gasteiger partial charge in [0.05, 0.1) is 13.2 Å². The Morgan fingerprint density at radius 2 is 2.00 bits per heavy atom. The number of ether oxygens (including phenoxy) is 2. The van der Waals surface area contributed by atoms with E-state index in [-0.39, 0.29) is 11.8 Å². The summed E-state index contributed by atoms with van der Waals surface area (Å²) in [4.78, 5) is 14.4. The molecule has 3 rings (SSSR count). The van der Waals surface area contributed by atoms with Crippen molar-refractivity contribution >= 4 is 34.7 Å². The minimum absolute atomic E-state index is 0.00574. The second-order valence-electron chi connectivity index (χ2n) is 7.01. The highest BCUT2D eigenvalue weighted by atomic mass is 35.5. The summed E-state index contributed by atoms with van der Waals surface area (Å²) < 4.78 is 11.5. The molecule has 0 radical (unpaired) electrons. The largest absolute Gasteiger partial charge is 0.493 e. The fourth-order valence-electron chi connectivity index (χ4n) is 3.64. The van der Waals surface area contributed by atoms with Gasteiger partial charge in [0.15, 0.2) is 22.4 Å². The molecular formula is C23H25ClN2O3S. The number of carbonyl (C=O) groups is 1. The Labute approximate surface area is 187 Å². The average Bonchev–Trinajstić information content (AvgIpc) is 2.71. The number of thiocarbonyl (C=S) groups is 1. The Balaban J connectivity index is 1.90. The highest BCUT2D eigenvalue weighted by Gasteiger charge is 2.32. The molecule has 1 aliphatic heterocycles. The Morgan fingerprint density at radius 1 is 1.23 bits per heavy atom. The van der Waals surface area contributed by atoms with Gasteiger partial charge in [-0.1, -0.05) is 29.8 Å². The fourth-order valence-corrected chi connectivity index (χ4v) is 4.24. The molecule has 1 atom stereocenters. The molecule has 1 heterocycles. The number of Topliss-reactive ketones (excluding diaryl/α,β-unsaturated/α-hetero) is 1. The van der Waals surface area contributed by atoms with Crippen LogP contribution in [0.2, 0.25) is 5.02 Å². The summed E-state index contributed by atoms with van der Waals surface area (Å²) in [7, 11) is 1.59. The average molecular weight is 445 g/mol. The van der Waals surface area contributed by atoms with Crippen LogP contribution in [0.4, 0.5) is 0 Å². The maximum absolute atomic E-state index is 12.4. The first-order valence-corrected chi connectivity index (χ1v) is 10.5. The van der Waals surface area contributed by atoms with E-state index in [4.69, 9.17) is 33.3 Å². The quantitative estimate of drug-likeness (QED) is 0.603. The molecular weight excluding hydrogens is 420 g/mol. The molecule has 0 saturated heterocycles. The SMILES string of the molecule is CCN1C(=S)NC(c2ccc(OCc3cccc(Cl)c3)c(OC)c2)C(C(C)=O)=C1C. The molecule has 2 aromatic carbocycles. The lowest BCUT2D eigenvalue weighted by molar-refractivity contribution is -0.114. The highest BCUT2D eigenvalue weighted by molar-refractivity contribution is 7.80. The summed E-state index contributed by atoms with van der Waals surface area (Å²) in [5, 5.41) is 4.56. The lowest BCUT2D eigenvalue weighted by Gasteiger charge is -2.37. The first-order chi connectivity index (χ1) is 14.3. The zero-order valence-electron chi connectivity index (χ0n) is 17.5. The second kappa shape index (κ2) is 9.49. The Morgan fingerprint density at radius 3 is 2.63 bits per heavy atom. The van der Waals surface area contributed by atoms with Gasteiger partial charge >= 0.3 is 0 Å². The van der Waals surface area contributed by atoms with E-state index in [1.165, 1.54) is 0 Å². The van der Waals surface area contributed by atoms with Crippen molar-refractivity contribution in [3.05, 3.63) is 69.9 Å². The number of nitrogens with one attached hydrogen (secondary N) is 1. The van der Waals surface area contributed by atoms with Gasteiger partial charge in [-0.05, 0) is 68.4 Å². The Bertz CT molecular complexity index is 1010. The third kappa shape index (κ3) is 4.60. The maximum Gasteiger partial charge on any atom is 0.173 e. The third-order valence-corrected chi connectivity index (χ3v) is 5.67. The summed E-state index contributed by atoms with van der Waals surface area (Å²) >= 11 is 11.6. The van der Waals surface area contributed by atoms with E-state index in [9.17, 15) is 4.79 Å². The second-order valence-corrected chi connectivity index (χ2v) is 7.83. The number of halogens is 1. The van der Waals surface area contributed by atoms with Crippen LogP contribution in [0.5, 0.6) is 11.5 Å². The minimum Gasteiger partial charge on any atom is -0.493 e. The van der Waals surface area contributed by atoms with Crippen molar-refractivity contribution in [1.29, 1.82) is 0 Å². The predicted octanol–water partition coefficient (Wildman–Crippen LogP) is 5.04. The van der Waals surface area contributed by atoms with Crippen LogP contribution < -0.4 is 14.8 Å². The van der Waals surface area contributed by atoms with Crippen LogP contribution in [-0.2, 0) is 11.4 Å². The van der Waals surface area contributed by atoms with E-state index in [1.54, 1.807) is 14.0 Å². The maximum atomic E-state index is 12.4. The van der Waals surface area contributed by atoms with Crippen molar-refractivity contribution in [3.8, 4) is 11.5 Å². The summed E-state index contributed by atoms with van der Waals surface area (Å²) in [6, 6.07) is 12.8. The van der Waals surface area contributed by atoms with Crippen LogP contribution in [0.25, 0.3) is 0 Å². The molecule has 0 bridgehead atoms. The normalized spacial score (nSPS) is 16.4. The fraction of sp³-hybridized carbons (Fsp3) is 0.304. The molecule has 7 heteroatoms. The van der Waals surface area contributed by atoms with E-state index < -0.39 is 0 Å². The number of rotatable bonds is 7. The van der Waals surface area contributed by atoms with Crippen LogP contribution >= 0.6 is 23.8 Å². The van der Waals surface area contributed by atoms with Gasteiger partial charge in [0.1, 0.15) is 6.61 Å². The van der Waals surface area contributed by atoms with E-state index in [2.05, 4.69) is 5.32 Å². The molecule has 0 aliphatic carbocycles. The van der Waals surface area contributed by atoms with Crippen LogP contribution in [0.1, 0.15) is 37.9 Å². The Kier molecular flexibility index (Phi) is 7.00. The molecule has 0 amide bonds. The first kappa shape index (κ1) is 22.1. The van der Waals surface area contributed by atoms with Gasteiger partial charge in [0, 0.05) is 22.8 Å². The molecule has 158 valence electrons. The van der Waals surface area contributed by atoms with Gasteiger partial charge in [-0.15, -0.1) is 0 Å². The van der Waals surface area contributed by atoms with Gasteiger partial charge in [-0.25, -0.2) is 0 Å². The molecule has 0 spiro atoms. The lowest BCUT2D eigenvalue weighted by Crippen LogP contribution is -2.47. The van der Waals surface area contributed by atoms with E-state index >= 15 is 0 Å². The highest BCUT2D eigenvalue weighted by Crippen LogP contribution is 2.36.